The van der Waals surface area contributed by atoms with Gasteiger partial charge in [0.25, 0.3) is 0 Å². The molecule has 0 aromatic rings. The van der Waals surface area contributed by atoms with E-state index < -0.39 is 0 Å². The fourth-order valence-corrected chi connectivity index (χ4v) is 3.45. The highest BCUT2D eigenvalue weighted by atomic mass is 15.2. The zero-order chi connectivity index (χ0) is 15.0. The molecular formula is C17H33N3. The Morgan fingerprint density at radius 1 is 1.40 bits per heavy atom. The van der Waals surface area contributed by atoms with Crippen LogP contribution < -0.4 is 5.32 Å². The van der Waals surface area contributed by atoms with Crippen LogP contribution in [0.25, 0.3) is 0 Å². The van der Waals surface area contributed by atoms with Crippen molar-refractivity contribution < 1.29 is 0 Å². The maximum Gasteiger partial charge on any atom is 0.104 e. The van der Waals surface area contributed by atoms with Crippen molar-refractivity contribution in [1.29, 1.82) is 5.26 Å². The number of nitriles is 1. The molecule has 1 rings (SSSR count). The monoisotopic (exact) mass is 279 g/mol. The molecule has 0 aromatic heterocycles. The quantitative estimate of drug-likeness (QED) is 0.736. The van der Waals surface area contributed by atoms with E-state index in [4.69, 9.17) is 0 Å². The molecule has 3 nitrogen and oxygen atoms in total. The maximum atomic E-state index is 9.38. The molecule has 1 saturated heterocycles. The molecule has 1 fully saturated rings. The molecule has 1 heterocycles. The topological polar surface area (TPSA) is 39.1 Å². The first-order valence-corrected chi connectivity index (χ1v) is 8.43. The summed E-state index contributed by atoms with van der Waals surface area (Å²) in [4.78, 5) is 2.67. The molecule has 1 aliphatic heterocycles. The van der Waals surface area contributed by atoms with Crippen molar-refractivity contribution in [3.63, 3.8) is 0 Å². The summed E-state index contributed by atoms with van der Waals surface area (Å²) < 4.78 is 0. The van der Waals surface area contributed by atoms with Crippen LogP contribution >= 0.6 is 0 Å². The zero-order valence-electron chi connectivity index (χ0n) is 13.9. The lowest BCUT2D eigenvalue weighted by Gasteiger charge is -2.36. The van der Waals surface area contributed by atoms with Gasteiger partial charge < -0.3 is 4.90 Å². The van der Waals surface area contributed by atoms with Gasteiger partial charge in [0.05, 0.1) is 6.07 Å². The standard InChI is InChI=1S/C17H33N3/c1-5-9-16-10-6-7-12-20(16)13-8-11-17(4,14-18)19-15(2)3/h15-16,19H,5-13H2,1-4H3. The molecule has 0 aromatic carbocycles. The van der Waals surface area contributed by atoms with Crippen LogP contribution in [0.4, 0.5) is 0 Å². The van der Waals surface area contributed by atoms with Crippen molar-refractivity contribution in [2.75, 3.05) is 13.1 Å². The van der Waals surface area contributed by atoms with E-state index in [9.17, 15) is 5.26 Å². The van der Waals surface area contributed by atoms with Crippen LogP contribution in [0.1, 0.15) is 72.6 Å². The molecule has 0 bridgehead atoms. The van der Waals surface area contributed by atoms with Crippen molar-refractivity contribution in [2.24, 2.45) is 0 Å². The van der Waals surface area contributed by atoms with Gasteiger partial charge in [-0.2, -0.15) is 5.26 Å². The third-order valence-corrected chi connectivity index (χ3v) is 4.35. The number of likely N-dealkylation sites (tertiary alicyclic amines) is 1. The van der Waals surface area contributed by atoms with Gasteiger partial charge in [0.2, 0.25) is 0 Å². The van der Waals surface area contributed by atoms with E-state index in [0.29, 0.717) is 6.04 Å². The highest BCUT2D eigenvalue weighted by Crippen LogP contribution is 2.22. The lowest BCUT2D eigenvalue weighted by Crippen LogP contribution is -2.46. The predicted octanol–water partition coefficient (Wildman–Crippen LogP) is 3.70. The van der Waals surface area contributed by atoms with Gasteiger partial charge in [-0.1, -0.05) is 19.8 Å². The molecule has 116 valence electrons. The summed E-state index contributed by atoms with van der Waals surface area (Å²) in [5.74, 6) is 0. The van der Waals surface area contributed by atoms with Crippen LogP contribution in [0, 0.1) is 11.3 Å². The Bertz CT molecular complexity index is 306. The average molecular weight is 279 g/mol. The van der Waals surface area contributed by atoms with Gasteiger partial charge in [-0.3, -0.25) is 5.32 Å². The first kappa shape index (κ1) is 17.5. The van der Waals surface area contributed by atoms with E-state index in [1.807, 2.05) is 6.92 Å². The minimum atomic E-state index is -0.371. The van der Waals surface area contributed by atoms with E-state index in [1.165, 1.54) is 38.6 Å². The Hall–Kier alpha value is -0.590. The Labute approximate surface area is 125 Å². The Morgan fingerprint density at radius 3 is 2.75 bits per heavy atom. The van der Waals surface area contributed by atoms with Gasteiger partial charge in [0.15, 0.2) is 0 Å². The van der Waals surface area contributed by atoms with Crippen LogP contribution in [0.2, 0.25) is 0 Å². The third kappa shape index (κ3) is 5.81. The SMILES string of the molecule is CCCC1CCCCN1CCCC(C)(C#N)NC(C)C. The number of hydrogen-bond acceptors (Lipinski definition) is 3. The van der Waals surface area contributed by atoms with Crippen LogP contribution in [-0.2, 0) is 0 Å². The van der Waals surface area contributed by atoms with Crippen molar-refractivity contribution >= 4 is 0 Å². The first-order chi connectivity index (χ1) is 9.50. The van der Waals surface area contributed by atoms with Crippen molar-refractivity contribution in [3.05, 3.63) is 0 Å². The molecular weight excluding hydrogens is 246 g/mol. The van der Waals surface area contributed by atoms with E-state index >= 15 is 0 Å². The summed E-state index contributed by atoms with van der Waals surface area (Å²) in [6, 6.07) is 3.61. The van der Waals surface area contributed by atoms with Gasteiger partial charge in [-0.15, -0.1) is 0 Å². The summed E-state index contributed by atoms with van der Waals surface area (Å²) in [5.41, 5.74) is -0.371. The molecule has 1 N–H and O–H groups in total. The molecule has 0 saturated carbocycles. The predicted molar refractivity (Wildman–Crippen MR) is 85.6 cm³/mol. The summed E-state index contributed by atoms with van der Waals surface area (Å²) in [6.07, 6.45) is 8.78. The molecule has 2 unspecified atom stereocenters. The molecule has 0 spiro atoms. The third-order valence-electron chi connectivity index (χ3n) is 4.35. The maximum absolute atomic E-state index is 9.38. The lowest BCUT2D eigenvalue weighted by molar-refractivity contribution is 0.134. The molecule has 2 atom stereocenters. The number of hydrogen-bond donors (Lipinski definition) is 1. The van der Waals surface area contributed by atoms with Gasteiger partial charge in [-0.25, -0.2) is 0 Å². The summed E-state index contributed by atoms with van der Waals surface area (Å²) >= 11 is 0. The van der Waals surface area contributed by atoms with E-state index in [-0.39, 0.29) is 5.54 Å². The van der Waals surface area contributed by atoms with Gasteiger partial charge in [0.1, 0.15) is 5.54 Å². The van der Waals surface area contributed by atoms with Crippen LogP contribution in [-0.4, -0.2) is 35.6 Å². The van der Waals surface area contributed by atoms with Crippen LogP contribution in [0.5, 0.6) is 0 Å². The van der Waals surface area contributed by atoms with Crippen LogP contribution in [0.15, 0.2) is 0 Å². The summed E-state index contributed by atoms with van der Waals surface area (Å²) in [6.45, 7) is 10.9. The fraction of sp³-hybridized carbons (Fsp3) is 0.941. The van der Waals surface area contributed by atoms with E-state index in [2.05, 4.69) is 37.1 Å². The Morgan fingerprint density at radius 2 is 2.15 bits per heavy atom. The van der Waals surface area contributed by atoms with Crippen LogP contribution in [0.3, 0.4) is 0 Å². The molecule has 0 amide bonds. The highest BCUT2D eigenvalue weighted by molar-refractivity contribution is 5.04. The highest BCUT2D eigenvalue weighted by Gasteiger charge is 2.26. The molecule has 0 radical (unpaired) electrons. The van der Waals surface area contributed by atoms with Crippen molar-refractivity contribution in [3.8, 4) is 6.07 Å². The molecule has 20 heavy (non-hydrogen) atoms. The number of nitrogens with zero attached hydrogens (tertiary/aromatic N) is 2. The lowest BCUT2D eigenvalue weighted by atomic mass is 9.94. The molecule has 3 heteroatoms. The smallest absolute Gasteiger partial charge is 0.104 e. The van der Waals surface area contributed by atoms with Crippen molar-refractivity contribution in [2.45, 2.75) is 90.3 Å². The summed E-state index contributed by atoms with van der Waals surface area (Å²) in [7, 11) is 0. The van der Waals surface area contributed by atoms with Gasteiger partial charge >= 0.3 is 0 Å². The zero-order valence-corrected chi connectivity index (χ0v) is 13.9. The minimum absolute atomic E-state index is 0.363. The Kier molecular flexibility index (Phi) is 7.55. The van der Waals surface area contributed by atoms with Gasteiger partial charge in [-0.05, 0) is 66.0 Å². The number of rotatable bonds is 8. The largest absolute Gasteiger partial charge is 0.300 e. The van der Waals surface area contributed by atoms with E-state index in [0.717, 1.165) is 25.4 Å². The second-order valence-electron chi connectivity index (χ2n) is 6.82. The second kappa shape index (κ2) is 8.64. The normalized spacial score (nSPS) is 23.5. The Balaban J connectivity index is 2.39. The fourth-order valence-electron chi connectivity index (χ4n) is 3.45. The number of nitrogens with one attached hydrogen (secondary N) is 1. The van der Waals surface area contributed by atoms with E-state index in [1.54, 1.807) is 0 Å². The van der Waals surface area contributed by atoms with Gasteiger partial charge in [0, 0.05) is 12.1 Å². The second-order valence-corrected chi connectivity index (χ2v) is 6.82. The molecule has 1 aliphatic rings. The minimum Gasteiger partial charge on any atom is -0.300 e. The first-order valence-electron chi connectivity index (χ1n) is 8.43. The summed E-state index contributed by atoms with van der Waals surface area (Å²) in [5, 5.41) is 12.8. The average Bonchev–Trinajstić information content (AvgIpc) is 2.40. The molecule has 0 aliphatic carbocycles. The van der Waals surface area contributed by atoms with Crippen molar-refractivity contribution in [1.82, 2.24) is 10.2 Å². The number of piperidine rings is 1.